The van der Waals surface area contributed by atoms with E-state index in [0.717, 1.165) is 19.8 Å². The van der Waals surface area contributed by atoms with Gasteiger partial charge in [-0.3, -0.25) is 4.68 Å². The molecule has 1 aromatic rings. The predicted molar refractivity (Wildman–Crippen MR) is 63.2 cm³/mol. The van der Waals surface area contributed by atoms with Crippen molar-refractivity contribution >= 4 is 0 Å². The fraction of sp³-hybridized carbons (Fsp3) is 0.750. The summed E-state index contributed by atoms with van der Waals surface area (Å²) < 4.78 is 7.40. The molecule has 0 radical (unpaired) electrons. The molecule has 2 unspecified atom stereocenters. The van der Waals surface area contributed by atoms with Crippen LogP contribution in [0.5, 0.6) is 0 Å². The van der Waals surface area contributed by atoms with Gasteiger partial charge in [0.2, 0.25) is 0 Å². The zero-order chi connectivity index (χ0) is 11.4. The Morgan fingerprint density at radius 1 is 1.69 bits per heavy atom. The third kappa shape index (κ3) is 2.83. The molecule has 1 aromatic heterocycles. The molecule has 0 aromatic carbocycles. The fourth-order valence-electron chi connectivity index (χ4n) is 2.23. The summed E-state index contributed by atoms with van der Waals surface area (Å²) in [6.45, 7) is 5.06. The van der Waals surface area contributed by atoms with E-state index in [9.17, 15) is 0 Å². The van der Waals surface area contributed by atoms with Crippen molar-refractivity contribution in [3.8, 4) is 0 Å². The summed E-state index contributed by atoms with van der Waals surface area (Å²) >= 11 is 0. The first kappa shape index (κ1) is 11.6. The number of rotatable bonds is 4. The van der Waals surface area contributed by atoms with Gasteiger partial charge in [0.15, 0.2) is 0 Å². The van der Waals surface area contributed by atoms with Crippen molar-refractivity contribution in [3.05, 3.63) is 18.0 Å². The molecule has 1 N–H and O–H groups in total. The van der Waals surface area contributed by atoms with Crippen molar-refractivity contribution in [2.75, 3.05) is 19.8 Å². The van der Waals surface area contributed by atoms with E-state index in [2.05, 4.69) is 23.4 Å². The van der Waals surface area contributed by atoms with Crippen molar-refractivity contribution < 1.29 is 4.74 Å². The van der Waals surface area contributed by atoms with E-state index < -0.39 is 0 Å². The van der Waals surface area contributed by atoms with Crippen LogP contribution >= 0.6 is 0 Å². The second-order valence-corrected chi connectivity index (χ2v) is 4.59. The summed E-state index contributed by atoms with van der Waals surface area (Å²) in [5.74, 6) is 0.671. The van der Waals surface area contributed by atoms with E-state index in [1.807, 2.05) is 17.9 Å². The van der Waals surface area contributed by atoms with Crippen LogP contribution in [0.3, 0.4) is 0 Å². The Morgan fingerprint density at radius 3 is 3.19 bits per heavy atom. The highest BCUT2D eigenvalue weighted by Crippen LogP contribution is 2.15. The molecule has 1 fully saturated rings. The Hall–Kier alpha value is -0.870. The van der Waals surface area contributed by atoms with Crippen LogP contribution in [0.2, 0.25) is 0 Å². The van der Waals surface area contributed by atoms with E-state index >= 15 is 0 Å². The van der Waals surface area contributed by atoms with E-state index in [1.54, 1.807) is 0 Å². The molecule has 0 aliphatic carbocycles. The van der Waals surface area contributed by atoms with E-state index in [1.165, 1.54) is 18.5 Å². The smallest absolute Gasteiger partial charge is 0.0547 e. The van der Waals surface area contributed by atoms with E-state index in [0.29, 0.717) is 12.0 Å². The molecule has 0 bridgehead atoms. The Balaban J connectivity index is 1.79. The zero-order valence-corrected chi connectivity index (χ0v) is 10.1. The number of nitrogens with zero attached hydrogens (tertiary/aromatic N) is 2. The first-order valence-electron chi connectivity index (χ1n) is 6.06. The van der Waals surface area contributed by atoms with Gasteiger partial charge < -0.3 is 10.1 Å². The van der Waals surface area contributed by atoms with Crippen LogP contribution in [0.4, 0.5) is 0 Å². The quantitative estimate of drug-likeness (QED) is 0.840. The van der Waals surface area contributed by atoms with Gasteiger partial charge in [0.1, 0.15) is 0 Å². The number of aromatic nitrogens is 2. The predicted octanol–water partition coefficient (Wildman–Crippen LogP) is 1.50. The van der Waals surface area contributed by atoms with Crippen LogP contribution in [0.15, 0.2) is 12.3 Å². The molecule has 2 heterocycles. The highest BCUT2D eigenvalue weighted by atomic mass is 16.5. The molecular formula is C12H21N3O. The van der Waals surface area contributed by atoms with Crippen LogP contribution in [0.25, 0.3) is 0 Å². The fourth-order valence-corrected chi connectivity index (χ4v) is 2.23. The first-order valence-corrected chi connectivity index (χ1v) is 6.06. The van der Waals surface area contributed by atoms with Crippen molar-refractivity contribution in [3.63, 3.8) is 0 Å². The van der Waals surface area contributed by atoms with Crippen molar-refractivity contribution in [2.45, 2.75) is 25.8 Å². The number of nitrogens with one attached hydrogen (secondary N) is 1. The van der Waals surface area contributed by atoms with Crippen molar-refractivity contribution in [1.29, 1.82) is 0 Å². The summed E-state index contributed by atoms with van der Waals surface area (Å²) in [5.41, 5.74) is 1.23. The van der Waals surface area contributed by atoms with Crippen LogP contribution < -0.4 is 5.32 Å². The minimum absolute atomic E-state index is 0.356. The Bertz CT molecular complexity index is 318. The molecule has 4 heteroatoms. The first-order chi connectivity index (χ1) is 7.77. The SMILES string of the molecule is CC(NCC1CCCOC1)c1ccnn1C. The Kier molecular flexibility index (Phi) is 3.96. The third-order valence-corrected chi connectivity index (χ3v) is 3.27. The Morgan fingerprint density at radius 2 is 2.56 bits per heavy atom. The number of hydrogen-bond donors (Lipinski definition) is 1. The van der Waals surface area contributed by atoms with E-state index in [-0.39, 0.29) is 0 Å². The summed E-state index contributed by atoms with van der Waals surface area (Å²) in [7, 11) is 1.98. The number of aryl methyl sites for hydroxylation is 1. The topological polar surface area (TPSA) is 39.1 Å². The van der Waals surface area contributed by atoms with Gasteiger partial charge in [0.25, 0.3) is 0 Å². The van der Waals surface area contributed by atoms with Gasteiger partial charge in [-0.2, -0.15) is 5.10 Å². The average Bonchev–Trinajstić information content (AvgIpc) is 2.74. The largest absolute Gasteiger partial charge is 0.381 e. The minimum atomic E-state index is 0.356. The van der Waals surface area contributed by atoms with Crippen molar-refractivity contribution in [2.24, 2.45) is 13.0 Å². The van der Waals surface area contributed by atoms with Crippen molar-refractivity contribution in [1.82, 2.24) is 15.1 Å². The average molecular weight is 223 g/mol. The maximum atomic E-state index is 5.47. The molecule has 90 valence electrons. The second kappa shape index (κ2) is 5.46. The summed E-state index contributed by atoms with van der Waals surface area (Å²) in [6.07, 6.45) is 4.33. The lowest BCUT2D eigenvalue weighted by molar-refractivity contribution is 0.0539. The van der Waals surface area contributed by atoms with Gasteiger partial charge in [-0.05, 0) is 31.7 Å². The van der Waals surface area contributed by atoms with Gasteiger partial charge in [-0.1, -0.05) is 0 Å². The summed E-state index contributed by atoms with van der Waals surface area (Å²) in [6, 6.07) is 2.42. The lowest BCUT2D eigenvalue weighted by Crippen LogP contribution is -2.31. The molecule has 2 rings (SSSR count). The zero-order valence-electron chi connectivity index (χ0n) is 10.1. The lowest BCUT2D eigenvalue weighted by atomic mass is 10.0. The maximum Gasteiger partial charge on any atom is 0.0547 e. The third-order valence-electron chi connectivity index (χ3n) is 3.27. The summed E-state index contributed by atoms with van der Waals surface area (Å²) in [4.78, 5) is 0. The molecule has 0 amide bonds. The van der Waals surface area contributed by atoms with Gasteiger partial charge in [-0.25, -0.2) is 0 Å². The maximum absolute atomic E-state index is 5.47. The molecule has 0 saturated carbocycles. The van der Waals surface area contributed by atoms with E-state index in [4.69, 9.17) is 4.74 Å². The molecule has 1 aliphatic heterocycles. The molecular weight excluding hydrogens is 202 g/mol. The lowest BCUT2D eigenvalue weighted by Gasteiger charge is -2.24. The Labute approximate surface area is 97.0 Å². The molecule has 2 atom stereocenters. The molecule has 4 nitrogen and oxygen atoms in total. The normalized spacial score (nSPS) is 23.2. The second-order valence-electron chi connectivity index (χ2n) is 4.59. The molecule has 0 spiro atoms. The standard InChI is InChI=1S/C12H21N3O/c1-10(12-5-6-14-15(12)2)13-8-11-4-3-7-16-9-11/h5-6,10-11,13H,3-4,7-9H2,1-2H3. The monoisotopic (exact) mass is 223 g/mol. The summed E-state index contributed by atoms with van der Waals surface area (Å²) in [5, 5.41) is 7.74. The van der Waals surface area contributed by atoms with Crippen LogP contribution in [-0.2, 0) is 11.8 Å². The number of hydrogen-bond acceptors (Lipinski definition) is 3. The van der Waals surface area contributed by atoms with Crippen LogP contribution in [-0.4, -0.2) is 29.5 Å². The number of ether oxygens (including phenoxy) is 1. The highest BCUT2D eigenvalue weighted by molar-refractivity contribution is 5.05. The van der Waals surface area contributed by atoms with Crippen LogP contribution in [0, 0.1) is 5.92 Å². The van der Waals surface area contributed by atoms with Gasteiger partial charge >= 0.3 is 0 Å². The molecule has 1 saturated heterocycles. The molecule has 16 heavy (non-hydrogen) atoms. The van der Waals surface area contributed by atoms with Gasteiger partial charge in [0.05, 0.1) is 12.3 Å². The van der Waals surface area contributed by atoms with Gasteiger partial charge in [-0.15, -0.1) is 0 Å². The highest BCUT2D eigenvalue weighted by Gasteiger charge is 2.15. The van der Waals surface area contributed by atoms with Crippen LogP contribution in [0.1, 0.15) is 31.5 Å². The van der Waals surface area contributed by atoms with Gasteiger partial charge in [0, 0.05) is 32.4 Å². The minimum Gasteiger partial charge on any atom is -0.381 e. The molecule has 1 aliphatic rings.